The summed E-state index contributed by atoms with van der Waals surface area (Å²) in [4.78, 5) is 0. The van der Waals surface area contributed by atoms with E-state index in [1.54, 1.807) is 0 Å². The minimum absolute atomic E-state index is 0. The molecule has 0 aliphatic carbocycles. The molecule has 0 bridgehead atoms. The molecule has 0 aromatic heterocycles. The van der Waals surface area contributed by atoms with Gasteiger partial charge >= 0.3 is 51.4 Å². The first-order chi connectivity index (χ1) is 3.95. The van der Waals surface area contributed by atoms with Crippen LogP contribution < -0.4 is 0 Å². The average molecular weight is 215 g/mol. The molecule has 10 heavy (non-hydrogen) atoms. The maximum atomic E-state index is 9.94. The van der Waals surface area contributed by atoms with Gasteiger partial charge in [0.2, 0.25) is 0 Å². The molecule has 4 nitrogen and oxygen atoms in total. The van der Waals surface area contributed by atoms with E-state index in [9.17, 15) is 8.42 Å². The van der Waals surface area contributed by atoms with Gasteiger partial charge in [0.05, 0.1) is 6.10 Å². The molecule has 0 amide bonds. The number of hydrogen-bond donors (Lipinski definition) is 2. The summed E-state index contributed by atoms with van der Waals surface area (Å²) in [5, 5.41) is 8.52. The molecule has 0 aromatic carbocycles. The number of alkyl halides is 1. The third-order valence-electron chi connectivity index (χ3n) is 0.581. The molecule has 58 valence electrons. The fourth-order valence-corrected chi connectivity index (χ4v) is 1.13. The minimum atomic E-state index is -4.07. The number of hydrogen-bond acceptors (Lipinski definition) is 3. The van der Waals surface area contributed by atoms with Crippen molar-refractivity contribution < 1.29 is 18.1 Å². The first kappa shape index (κ1) is 14.3. The molecular weight excluding hydrogens is 207 g/mol. The summed E-state index contributed by atoms with van der Waals surface area (Å²) >= 11 is 5.03. The Kier molecular flexibility index (Phi) is 9.07. The van der Waals surface area contributed by atoms with E-state index in [2.05, 4.69) is 0 Å². The molecule has 0 radical (unpaired) electrons. The molecule has 0 spiro atoms. The Labute approximate surface area is 107 Å². The molecule has 2 N–H and O–H groups in total. The fourth-order valence-electron chi connectivity index (χ4n) is 0.288. The molecule has 0 aromatic rings. The number of rotatable bonds is 3. The van der Waals surface area contributed by atoms with Crippen LogP contribution in [-0.2, 0) is 10.1 Å². The topological polar surface area (TPSA) is 74.6 Å². The van der Waals surface area contributed by atoms with E-state index in [0.29, 0.717) is 0 Å². The van der Waals surface area contributed by atoms with Crippen LogP contribution in [0.5, 0.6) is 0 Å². The van der Waals surface area contributed by atoms with Crippen LogP contribution in [0.2, 0.25) is 0 Å². The van der Waals surface area contributed by atoms with Gasteiger partial charge in [-0.15, -0.1) is 11.6 Å². The molecule has 0 rings (SSSR count). The van der Waals surface area contributed by atoms with E-state index < -0.39 is 22.0 Å². The third kappa shape index (κ3) is 9.80. The normalized spacial score (nSPS) is 13.9. The Morgan fingerprint density at radius 3 is 2.00 bits per heavy atom. The molecule has 0 aliphatic rings. The van der Waals surface area contributed by atoms with E-state index in [-0.39, 0.29) is 57.3 Å². The van der Waals surface area contributed by atoms with Crippen molar-refractivity contribution in [2.75, 3.05) is 11.6 Å². The molecule has 0 fully saturated rings. The molecule has 7 heteroatoms. The first-order valence-electron chi connectivity index (χ1n) is 2.15. The van der Waals surface area contributed by atoms with E-state index >= 15 is 0 Å². The second-order valence-corrected chi connectivity index (χ2v) is 3.36. The first-order valence-corrected chi connectivity index (χ1v) is 4.29. The van der Waals surface area contributed by atoms with Crippen LogP contribution in [0, 0.1) is 0 Å². The van der Waals surface area contributed by atoms with Gasteiger partial charge in [0.1, 0.15) is 5.75 Å². The monoisotopic (exact) mass is 214 g/mol. The molecule has 1 unspecified atom stereocenters. The summed E-state index contributed by atoms with van der Waals surface area (Å²) in [7, 11) is -4.07. The van der Waals surface area contributed by atoms with Crippen molar-refractivity contribution in [3.8, 4) is 0 Å². The third-order valence-corrected chi connectivity index (χ3v) is 1.74. The van der Waals surface area contributed by atoms with Crippen LogP contribution in [0.15, 0.2) is 0 Å². The van der Waals surface area contributed by atoms with Crippen molar-refractivity contribution in [3.63, 3.8) is 0 Å². The van der Waals surface area contributed by atoms with Gasteiger partial charge in [-0.25, -0.2) is 0 Å². The van der Waals surface area contributed by atoms with Crippen molar-refractivity contribution in [2.24, 2.45) is 0 Å². The van der Waals surface area contributed by atoms with Gasteiger partial charge < -0.3 is 5.11 Å². The van der Waals surface area contributed by atoms with Crippen LogP contribution >= 0.6 is 11.6 Å². The van der Waals surface area contributed by atoms with Crippen LogP contribution in [0.3, 0.4) is 0 Å². The summed E-state index contributed by atoms with van der Waals surface area (Å²) in [5.74, 6) is -0.893. The van der Waals surface area contributed by atoms with Gasteiger partial charge in [-0.3, -0.25) is 4.55 Å². The Morgan fingerprint density at radius 1 is 1.50 bits per heavy atom. The zero-order chi connectivity index (χ0) is 7.49. The van der Waals surface area contributed by atoms with Crippen molar-refractivity contribution in [1.29, 1.82) is 0 Å². The Morgan fingerprint density at radius 2 is 1.90 bits per heavy atom. The molecule has 0 aliphatic heterocycles. The zero-order valence-corrected chi connectivity index (χ0v) is 6.06. The molecule has 1 atom stereocenters. The van der Waals surface area contributed by atoms with Gasteiger partial charge in [0.25, 0.3) is 10.1 Å². The number of halogens is 1. The summed E-state index contributed by atoms with van der Waals surface area (Å²) in [6, 6.07) is 0. The Hall–Kier alpha value is 1.80. The Bertz CT molecular complexity index is 167. The van der Waals surface area contributed by atoms with Gasteiger partial charge in [0.15, 0.2) is 0 Å². The quantitative estimate of drug-likeness (QED) is 0.353. The molecule has 0 saturated heterocycles. The van der Waals surface area contributed by atoms with Gasteiger partial charge in [-0.1, -0.05) is 0 Å². The van der Waals surface area contributed by atoms with Crippen LogP contribution in [0.4, 0.5) is 0 Å². The molecular formula is C3H8ClKO4S. The van der Waals surface area contributed by atoms with Crippen LogP contribution in [0.1, 0.15) is 0 Å². The Balaban J connectivity index is 0. The predicted octanol–water partition coefficient (Wildman–Crippen LogP) is -1.17. The molecule has 0 saturated carbocycles. The number of aliphatic hydroxyl groups is 1. The summed E-state index contributed by atoms with van der Waals surface area (Å²) in [5.41, 5.74) is 0. The second-order valence-electron chi connectivity index (χ2n) is 1.56. The van der Waals surface area contributed by atoms with Crippen molar-refractivity contribution in [2.45, 2.75) is 6.10 Å². The molecule has 0 heterocycles. The van der Waals surface area contributed by atoms with E-state index in [4.69, 9.17) is 21.3 Å². The van der Waals surface area contributed by atoms with Crippen LogP contribution in [-0.4, -0.2) is 87.2 Å². The fraction of sp³-hybridized carbons (Fsp3) is 1.00. The summed E-state index contributed by atoms with van der Waals surface area (Å²) in [6.45, 7) is 0. The van der Waals surface area contributed by atoms with Crippen molar-refractivity contribution in [1.82, 2.24) is 0 Å². The summed E-state index contributed by atoms with van der Waals surface area (Å²) < 4.78 is 27.9. The average Bonchev–Trinajstić information content (AvgIpc) is 1.62. The van der Waals surface area contributed by atoms with Crippen LogP contribution in [0.25, 0.3) is 0 Å². The van der Waals surface area contributed by atoms with Gasteiger partial charge in [0, 0.05) is 5.88 Å². The van der Waals surface area contributed by atoms with Crippen molar-refractivity contribution in [3.05, 3.63) is 0 Å². The standard InChI is InChI=1S/C3H7ClO4S.K.H/c4-1-3(5)2-9(6,7)8;;/h3,5H,1-2H2,(H,6,7,8);;. The van der Waals surface area contributed by atoms with Gasteiger partial charge in [-0.2, -0.15) is 8.42 Å². The van der Waals surface area contributed by atoms with Gasteiger partial charge in [-0.05, 0) is 0 Å². The van der Waals surface area contributed by atoms with E-state index in [1.165, 1.54) is 0 Å². The predicted molar refractivity (Wildman–Crippen MR) is 40.3 cm³/mol. The SMILES string of the molecule is O=S(=O)(O)CC(O)CCl.[KH]. The second kappa shape index (κ2) is 6.33. The number of aliphatic hydroxyl groups excluding tert-OH is 1. The summed E-state index contributed by atoms with van der Waals surface area (Å²) in [6.07, 6.45) is -1.18. The van der Waals surface area contributed by atoms with E-state index in [0.717, 1.165) is 0 Å². The maximum absolute atomic E-state index is 9.94. The zero-order valence-electron chi connectivity index (χ0n) is 4.49. The van der Waals surface area contributed by atoms with Crippen molar-refractivity contribution >= 4 is 73.1 Å². The van der Waals surface area contributed by atoms with E-state index in [1.807, 2.05) is 0 Å².